The average Bonchev–Trinajstić information content (AvgIpc) is 2.69. The van der Waals surface area contributed by atoms with Gasteiger partial charge in [-0.3, -0.25) is 4.90 Å². The van der Waals surface area contributed by atoms with Crippen LogP contribution in [0.2, 0.25) is 0 Å². The number of nitrogens with zero attached hydrogens (tertiary/aromatic N) is 1. The van der Waals surface area contributed by atoms with Gasteiger partial charge in [0.15, 0.2) is 0 Å². The van der Waals surface area contributed by atoms with Crippen molar-refractivity contribution in [1.82, 2.24) is 9.62 Å². The number of halogens is 4. The molecule has 1 fully saturated rings. The molecule has 1 atom stereocenters. The maximum atomic E-state index is 13.3. The van der Waals surface area contributed by atoms with Crippen molar-refractivity contribution in [1.29, 1.82) is 0 Å². The highest BCUT2D eigenvalue weighted by Crippen LogP contribution is 2.30. The van der Waals surface area contributed by atoms with Crippen LogP contribution in [0.25, 0.3) is 0 Å². The van der Waals surface area contributed by atoms with E-state index in [2.05, 4.69) is 9.46 Å². The molecule has 0 aromatic heterocycles. The van der Waals surface area contributed by atoms with Crippen LogP contribution in [0.4, 0.5) is 17.6 Å². The molecular formula is C19H20F4N2O4S. The van der Waals surface area contributed by atoms with Crippen LogP contribution < -0.4 is 9.46 Å². The van der Waals surface area contributed by atoms with Gasteiger partial charge in [0.1, 0.15) is 16.5 Å². The zero-order chi connectivity index (χ0) is 21.8. The Labute approximate surface area is 171 Å². The minimum absolute atomic E-state index is 0.131. The van der Waals surface area contributed by atoms with Crippen molar-refractivity contribution in [2.45, 2.75) is 17.3 Å². The summed E-state index contributed by atoms with van der Waals surface area (Å²) < 4.78 is 88.2. The predicted octanol–water partition coefficient (Wildman–Crippen LogP) is 3.08. The standard InChI is InChI=1S/C19H20F4N2O4S/c20-15-7-5-14(6-8-15)16(25-9-11-28-12-10-25)13-24-30(26,27)18-4-2-1-3-17(18)29-19(21,22)23/h1-8,16,24H,9-13H2. The fraction of sp³-hybridized carbons (Fsp3) is 0.368. The van der Waals surface area contributed by atoms with Gasteiger partial charge in [-0.2, -0.15) is 0 Å². The largest absolute Gasteiger partial charge is 0.573 e. The highest BCUT2D eigenvalue weighted by Gasteiger charge is 2.34. The van der Waals surface area contributed by atoms with E-state index >= 15 is 0 Å². The van der Waals surface area contributed by atoms with E-state index in [-0.39, 0.29) is 6.54 Å². The molecule has 0 saturated carbocycles. The summed E-state index contributed by atoms with van der Waals surface area (Å²) in [5.74, 6) is -1.25. The first kappa shape index (κ1) is 22.5. The summed E-state index contributed by atoms with van der Waals surface area (Å²) in [5, 5.41) is 0. The Kier molecular flexibility index (Phi) is 6.96. The molecular weight excluding hydrogens is 428 g/mol. The van der Waals surface area contributed by atoms with Crippen molar-refractivity contribution in [3.63, 3.8) is 0 Å². The summed E-state index contributed by atoms with van der Waals surface area (Å²) in [4.78, 5) is 1.35. The topological polar surface area (TPSA) is 67.9 Å². The van der Waals surface area contributed by atoms with E-state index in [1.54, 1.807) is 12.1 Å². The molecule has 2 aromatic rings. The van der Waals surface area contributed by atoms with E-state index in [1.165, 1.54) is 24.3 Å². The van der Waals surface area contributed by atoms with Gasteiger partial charge in [0.2, 0.25) is 10.0 Å². The molecule has 1 aliphatic rings. The minimum Gasteiger partial charge on any atom is -0.404 e. The number of sulfonamides is 1. The number of morpholine rings is 1. The molecule has 1 aliphatic heterocycles. The molecule has 0 aliphatic carbocycles. The van der Waals surface area contributed by atoms with Crippen molar-refractivity contribution >= 4 is 10.0 Å². The fourth-order valence-electron chi connectivity index (χ4n) is 3.18. The third-order valence-electron chi connectivity index (χ3n) is 4.57. The van der Waals surface area contributed by atoms with Gasteiger partial charge in [-0.25, -0.2) is 17.5 Å². The quantitative estimate of drug-likeness (QED) is 0.660. The van der Waals surface area contributed by atoms with Crippen molar-refractivity contribution in [3.05, 3.63) is 59.9 Å². The maximum absolute atomic E-state index is 13.3. The smallest absolute Gasteiger partial charge is 0.404 e. The second kappa shape index (κ2) is 9.29. The van der Waals surface area contributed by atoms with Crippen LogP contribution in [0, 0.1) is 5.82 Å². The van der Waals surface area contributed by atoms with Gasteiger partial charge < -0.3 is 9.47 Å². The van der Waals surface area contributed by atoms with Crippen molar-refractivity contribution in [3.8, 4) is 5.75 Å². The molecule has 6 nitrogen and oxygen atoms in total. The van der Waals surface area contributed by atoms with Crippen molar-refractivity contribution in [2.24, 2.45) is 0 Å². The van der Waals surface area contributed by atoms with E-state index in [9.17, 15) is 26.0 Å². The van der Waals surface area contributed by atoms with Crippen LogP contribution >= 0.6 is 0 Å². The van der Waals surface area contributed by atoms with Crippen LogP contribution in [-0.4, -0.2) is 52.5 Å². The number of nitrogens with one attached hydrogen (secondary N) is 1. The lowest BCUT2D eigenvalue weighted by Crippen LogP contribution is -2.43. The first-order chi connectivity index (χ1) is 14.2. The molecule has 1 saturated heterocycles. The van der Waals surface area contributed by atoms with Crippen LogP contribution in [0.3, 0.4) is 0 Å². The van der Waals surface area contributed by atoms with Gasteiger partial charge in [0.25, 0.3) is 0 Å². The lowest BCUT2D eigenvalue weighted by molar-refractivity contribution is -0.275. The molecule has 0 radical (unpaired) electrons. The number of hydrogen-bond donors (Lipinski definition) is 1. The number of para-hydroxylation sites is 1. The second-order valence-electron chi connectivity index (χ2n) is 6.56. The zero-order valence-electron chi connectivity index (χ0n) is 15.7. The lowest BCUT2D eigenvalue weighted by Gasteiger charge is -2.35. The third kappa shape index (κ3) is 5.91. The Bertz CT molecular complexity index is 946. The van der Waals surface area contributed by atoms with Crippen LogP contribution in [0.15, 0.2) is 53.4 Å². The number of hydrogen-bond acceptors (Lipinski definition) is 5. The number of benzene rings is 2. The highest BCUT2D eigenvalue weighted by molar-refractivity contribution is 7.89. The summed E-state index contributed by atoms with van der Waals surface area (Å²) in [5.41, 5.74) is 0.667. The molecule has 0 spiro atoms. The number of ether oxygens (including phenoxy) is 2. The molecule has 11 heteroatoms. The first-order valence-electron chi connectivity index (χ1n) is 9.07. The van der Waals surface area contributed by atoms with E-state index in [0.29, 0.717) is 31.9 Å². The maximum Gasteiger partial charge on any atom is 0.573 e. The van der Waals surface area contributed by atoms with E-state index in [4.69, 9.17) is 4.74 Å². The lowest BCUT2D eigenvalue weighted by atomic mass is 10.0. The molecule has 164 valence electrons. The normalized spacial score (nSPS) is 16.9. The van der Waals surface area contributed by atoms with Crippen molar-refractivity contribution < 1.29 is 35.5 Å². The zero-order valence-corrected chi connectivity index (χ0v) is 16.5. The molecule has 30 heavy (non-hydrogen) atoms. The molecule has 0 amide bonds. The van der Waals surface area contributed by atoms with Gasteiger partial charge in [0, 0.05) is 25.7 Å². The summed E-state index contributed by atoms with van der Waals surface area (Å²) in [7, 11) is -4.32. The van der Waals surface area contributed by atoms with E-state index in [1.807, 2.05) is 4.90 Å². The molecule has 2 aromatic carbocycles. The Hall–Kier alpha value is -2.21. The number of alkyl halides is 3. The highest BCUT2D eigenvalue weighted by atomic mass is 32.2. The second-order valence-corrected chi connectivity index (χ2v) is 8.30. The average molecular weight is 448 g/mol. The summed E-state index contributed by atoms with van der Waals surface area (Å²) in [6, 6.07) is 9.68. The SMILES string of the molecule is O=S(=O)(NCC(c1ccc(F)cc1)N1CCOCC1)c1ccccc1OC(F)(F)F. The number of rotatable bonds is 7. The molecule has 0 bridgehead atoms. The Balaban J connectivity index is 1.83. The Morgan fingerprint density at radius 3 is 2.33 bits per heavy atom. The van der Waals surface area contributed by atoms with Crippen LogP contribution in [0.1, 0.15) is 11.6 Å². The molecule has 1 heterocycles. The predicted molar refractivity (Wildman–Crippen MR) is 99.8 cm³/mol. The van der Waals surface area contributed by atoms with Gasteiger partial charge in [-0.1, -0.05) is 24.3 Å². The van der Waals surface area contributed by atoms with E-state index in [0.717, 1.165) is 12.1 Å². The first-order valence-corrected chi connectivity index (χ1v) is 10.6. The van der Waals surface area contributed by atoms with Gasteiger partial charge in [-0.05, 0) is 29.8 Å². The van der Waals surface area contributed by atoms with Gasteiger partial charge in [-0.15, -0.1) is 13.2 Å². The van der Waals surface area contributed by atoms with Crippen LogP contribution in [-0.2, 0) is 14.8 Å². The van der Waals surface area contributed by atoms with Crippen LogP contribution in [0.5, 0.6) is 5.75 Å². The van der Waals surface area contributed by atoms with Gasteiger partial charge >= 0.3 is 6.36 Å². The van der Waals surface area contributed by atoms with E-state index < -0.39 is 38.9 Å². The fourth-order valence-corrected chi connectivity index (χ4v) is 4.34. The summed E-state index contributed by atoms with van der Waals surface area (Å²) >= 11 is 0. The van der Waals surface area contributed by atoms with Gasteiger partial charge in [0.05, 0.1) is 13.2 Å². The minimum atomic E-state index is -5.03. The molecule has 1 N–H and O–H groups in total. The third-order valence-corrected chi connectivity index (χ3v) is 6.04. The Morgan fingerprint density at radius 1 is 1.07 bits per heavy atom. The monoisotopic (exact) mass is 448 g/mol. The Morgan fingerprint density at radius 2 is 1.70 bits per heavy atom. The summed E-state index contributed by atoms with van der Waals surface area (Å²) in [6.07, 6.45) is -5.03. The molecule has 3 rings (SSSR count). The summed E-state index contributed by atoms with van der Waals surface area (Å²) in [6.45, 7) is 1.82. The van der Waals surface area contributed by atoms with Crippen molar-refractivity contribution in [2.75, 3.05) is 32.8 Å². The molecule has 1 unspecified atom stereocenters.